The number of benzene rings is 3. The molecular weight excluding hydrogens is 510 g/mol. The normalized spacial score (nSPS) is 23.5. The number of hydrogen-bond acceptors (Lipinski definition) is 6. The van der Waals surface area contributed by atoms with E-state index in [1.807, 2.05) is 36.4 Å². The van der Waals surface area contributed by atoms with Crippen molar-refractivity contribution >= 4 is 24.7 Å². The van der Waals surface area contributed by atoms with Crippen LogP contribution in [0.2, 0.25) is 5.04 Å². The number of rotatable bonds is 8. The summed E-state index contributed by atoms with van der Waals surface area (Å²) in [6, 6.07) is 28.0. The molecule has 9 heteroatoms. The zero-order valence-electron chi connectivity index (χ0n) is 22.7. The number of aliphatic hydroxyl groups is 1. The standard InChI is InChI=1S/C30H35N3O5Si/c1-21-26(32-33-31)28(38-29(35)22-14-8-5-9-15-22)27(34)25(37-21)20-36-39(30(2,3)4,23-16-10-6-11-17-23)24-18-12-7-13-19-24/h5-19,21,25-28,34H,20H2,1-4H3/t21?,25?,26?,27-,28-/m1/s1. The lowest BCUT2D eigenvalue weighted by molar-refractivity contribution is -0.183. The first kappa shape index (κ1) is 28.5. The van der Waals surface area contributed by atoms with E-state index in [4.69, 9.17) is 13.9 Å². The average Bonchev–Trinajstić information content (AvgIpc) is 2.94. The van der Waals surface area contributed by atoms with Gasteiger partial charge in [-0.2, -0.15) is 0 Å². The monoisotopic (exact) mass is 545 g/mol. The molecule has 8 nitrogen and oxygen atoms in total. The Morgan fingerprint density at radius 3 is 1.97 bits per heavy atom. The summed E-state index contributed by atoms with van der Waals surface area (Å²) >= 11 is 0. The SMILES string of the molecule is CC1OC(CO[Si](c2ccccc2)(c2ccccc2)C(C)(C)C)[C@@H](O)[C@H](OC(=O)c2ccccc2)C1N=[N+]=[N-]. The molecule has 1 heterocycles. The van der Waals surface area contributed by atoms with Gasteiger partial charge in [0.1, 0.15) is 24.4 Å². The smallest absolute Gasteiger partial charge is 0.338 e. The molecular formula is C30H35N3O5Si. The minimum atomic E-state index is -2.90. The predicted octanol–water partition coefficient (Wildman–Crippen LogP) is 4.62. The van der Waals surface area contributed by atoms with Crippen LogP contribution in [-0.4, -0.2) is 56.5 Å². The maximum atomic E-state index is 12.9. The van der Waals surface area contributed by atoms with Crippen LogP contribution in [0, 0.1) is 0 Å². The molecule has 0 aromatic heterocycles. The zero-order chi connectivity index (χ0) is 28.0. The quantitative estimate of drug-likeness (QED) is 0.146. The second-order valence-corrected chi connectivity index (χ2v) is 15.1. The highest BCUT2D eigenvalue weighted by atomic mass is 28.4. The highest BCUT2D eigenvalue weighted by Crippen LogP contribution is 2.37. The Hall–Kier alpha value is -3.46. The van der Waals surface area contributed by atoms with Crippen molar-refractivity contribution in [1.82, 2.24) is 0 Å². The molecule has 39 heavy (non-hydrogen) atoms. The summed E-state index contributed by atoms with van der Waals surface area (Å²) < 4.78 is 18.9. The van der Waals surface area contributed by atoms with Crippen molar-refractivity contribution in [3.05, 3.63) is 107 Å². The number of ether oxygens (including phenoxy) is 2. The predicted molar refractivity (Wildman–Crippen MR) is 152 cm³/mol. The molecule has 0 saturated carbocycles. The van der Waals surface area contributed by atoms with Gasteiger partial charge in [-0.3, -0.25) is 0 Å². The van der Waals surface area contributed by atoms with E-state index in [0.29, 0.717) is 5.56 Å². The number of esters is 1. The second-order valence-electron chi connectivity index (χ2n) is 10.8. The fourth-order valence-corrected chi connectivity index (χ4v) is 9.92. The molecule has 1 aliphatic heterocycles. The number of aliphatic hydroxyl groups excluding tert-OH is 1. The summed E-state index contributed by atoms with van der Waals surface area (Å²) in [4.78, 5) is 15.8. The van der Waals surface area contributed by atoms with Gasteiger partial charge in [0.25, 0.3) is 8.32 Å². The molecule has 0 spiro atoms. The van der Waals surface area contributed by atoms with Gasteiger partial charge < -0.3 is 19.0 Å². The van der Waals surface area contributed by atoms with Crippen LogP contribution in [0.15, 0.2) is 96.1 Å². The van der Waals surface area contributed by atoms with E-state index >= 15 is 0 Å². The Morgan fingerprint density at radius 1 is 0.974 bits per heavy atom. The van der Waals surface area contributed by atoms with E-state index in [1.165, 1.54) is 0 Å². The van der Waals surface area contributed by atoms with E-state index in [1.54, 1.807) is 37.3 Å². The van der Waals surface area contributed by atoms with Crippen LogP contribution in [0.3, 0.4) is 0 Å². The molecule has 0 bridgehead atoms. The van der Waals surface area contributed by atoms with Crippen LogP contribution in [-0.2, 0) is 13.9 Å². The van der Waals surface area contributed by atoms with Crippen molar-refractivity contribution in [1.29, 1.82) is 0 Å². The van der Waals surface area contributed by atoms with Crippen molar-refractivity contribution in [2.45, 2.75) is 63.2 Å². The Bertz CT molecular complexity index is 1240. The molecule has 3 unspecified atom stereocenters. The molecule has 0 amide bonds. The molecule has 5 atom stereocenters. The second kappa shape index (κ2) is 12.2. The lowest BCUT2D eigenvalue weighted by Crippen LogP contribution is -2.68. The van der Waals surface area contributed by atoms with E-state index in [-0.39, 0.29) is 11.6 Å². The number of azide groups is 1. The van der Waals surface area contributed by atoms with E-state index in [0.717, 1.165) is 10.4 Å². The average molecular weight is 546 g/mol. The molecule has 1 aliphatic rings. The van der Waals surface area contributed by atoms with Crippen LogP contribution in [0.4, 0.5) is 0 Å². The maximum Gasteiger partial charge on any atom is 0.338 e. The van der Waals surface area contributed by atoms with Gasteiger partial charge in [0.15, 0.2) is 0 Å². The Morgan fingerprint density at radius 2 is 1.49 bits per heavy atom. The minimum Gasteiger partial charge on any atom is -0.455 e. The lowest BCUT2D eigenvalue weighted by atomic mass is 9.94. The third-order valence-electron chi connectivity index (χ3n) is 7.24. The van der Waals surface area contributed by atoms with Gasteiger partial charge >= 0.3 is 5.97 Å². The molecule has 4 rings (SSSR count). The van der Waals surface area contributed by atoms with Crippen LogP contribution < -0.4 is 10.4 Å². The van der Waals surface area contributed by atoms with Crippen LogP contribution >= 0.6 is 0 Å². The summed E-state index contributed by atoms with van der Waals surface area (Å²) in [7, 11) is -2.90. The van der Waals surface area contributed by atoms with Gasteiger partial charge in [-0.15, -0.1) is 0 Å². The van der Waals surface area contributed by atoms with E-state index in [9.17, 15) is 15.4 Å². The zero-order valence-corrected chi connectivity index (χ0v) is 23.7. The molecule has 0 radical (unpaired) electrons. The van der Waals surface area contributed by atoms with Gasteiger partial charge in [-0.05, 0) is 40.0 Å². The van der Waals surface area contributed by atoms with Crippen LogP contribution in [0.1, 0.15) is 38.1 Å². The number of nitrogens with zero attached hydrogens (tertiary/aromatic N) is 3. The van der Waals surface area contributed by atoms with Crippen LogP contribution in [0.5, 0.6) is 0 Å². The number of hydrogen-bond donors (Lipinski definition) is 1. The largest absolute Gasteiger partial charge is 0.455 e. The van der Waals surface area contributed by atoms with E-state index in [2.05, 4.69) is 55.1 Å². The van der Waals surface area contributed by atoms with Gasteiger partial charge in [-0.1, -0.05) is 105 Å². The van der Waals surface area contributed by atoms with Gasteiger partial charge in [-0.25, -0.2) is 4.79 Å². The van der Waals surface area contributed by atoms with Gasteiger partial charge in [0.2, 0.25) is 0 Å². The summed E-state index contributed by atoms with van der Waals surface area (Å²) in [5.74, 6) is -0.612. The Kier molecular flexibility index (Phi) is 8.89. The molecule has 1 N–H and O–H groups in total. The highest BCUT2D eigenvalue weighted by molar-refractivity contribution is 6.99. The summed E-state index contributed by atoms with van der Waals surface area (Å²) in [5.41, 5.74) is 9.51. The number of carbonyl (C=O) groups excluding carboxylic acids is 1. The van der Waals surface area contributed by atoms with Crippen molar-refractivity contribution in [3.63, 3.8) is 0 Å². The highest BCUT2D eigenvalue weighted by Gasteiger charge is 2.52. The fourth-order valence-electron chi connectivity index (χ4n) is 5.35. The third kappa shape index (κ3) is 5.93. The topological polar surface area (TPSA) is 114 Å². The molecule has 3 aromatic carbocycles. The first-order chi connectivity index (χ1) is 18.7. The molecule has 1 fully saturated rings. The van der Waals surface area contributed by atoms with Gasteiger partial charge in [0, 0.05) is 4.91 Å². The Balaban J connectivity index is 1.67. The fraction of sp³-hybridized carbons (Fsp3) is 0.367. The molecule has 204 valence electrons. The Labute approximate surface area is 230 Å². The minimum absolute atomic E-state index is 0.0567. The molecule has 3 aromatic rings. The van der Waals surface area contributed by atoms with Crippen molar-refractivity contribution in [2.75, 3.05) is 6.61 Å². The van der Waals surface area contributed by atoms with Gasteiger partial charge in [0.05, 0.1) is 18.3 Å². The molecule has 0 aliphatic carbocycles. The summed E-state index contributed by atoms with van der Waals surface area (Å²) in [6.45, 7) is 8.30. The maximum absolute atomic E-state index is 12.9. The van der Waals surface area contributed by atoms with Crippen molar-refractivity contribution in [3.8, 4) is 0 Å². The first-order valence-corrected chi connectivity index (χ1v) is 15.0. The lowest BCUT2D eigenvalue weighted by Gasteiger charge is -2.46. The summed E-state index contributed by atoms with van der Waals surface area (Å²) in [5, 5.41) is 17.2. The number of carbonyl (C=O) groups is 1. The van der Waals surface area contributed by atoms with Crippen molar-refractivity contribution < 1.29 is 23.8 Å². The van der Waals surface area contributed by atoms with E-state index < -0.39 is 44.7 Å². The van der Waals surface area contributed by atoms with Crippen LogP contribution in [0.25, 0.3) is 10.4 Å². The third-order valence-corrected chi connectivity index (χ3v) is 12.2. The summed E-state index contributed by atoms with van der Waals surface area (Å²) in [6.07, 6.45) is -3.82. The first-order valence-electron chi connectivity index (χ1n) is 13.1. The van der Waals surface area contributed by atoms with Crippen molar-refractivity contribution in [2.24, 2.45) is 5.11 Å². The molecule has 1 saturated heterocycles.